The van der Waals surface area contributed by atoms with Gasteiger partial charge in [-0.2, -0.15) is 0 Å². The highest BCUT2D eigenvalue weighted by molar-refractivity contribution is 6.47. The molecule has 3 aliphatic carbocycles. The molecule has 0 N–H and O–H groups in total. The van der Waals surface area contributed by atoms with Crippen molar-refractivity contribution in [1.29, 1.82) is 0 Å². The van der Waals surface area contributed by atoms with Crippen LogP contribution in [0.1, 0.15) is 68.9 Å². The lowest BCUT2D eigenvalue weighted by Gasteiger charge is -2.64. The van der Waals surface area contributed by atoms with Crippen LogP contribution in [0.4, 0.5) is 0 Å². The summed E-state index contributed by atoms with van der Waals surface area (Å²) in [6, 6.07) is 3.97. The van der Waals surface area contributed by atoms with Gasteiger partial charge in [0.15, 0.2) is 5.78 Å². The van der Waals surface area contributed by atoms with Crippen molar-refractivity contribution >= 4 is 12.9 Å². The van der Waals surface area contributed by atoms with E-state index < -0.39 is 0 Å². The monoisotopic (exact) mass is 384 g/mol. The smallest absolute Gasteiger partial charge is 0.461 e. The van der Waals surface area contributed by atoms with Crippen molar-refractivity contribution in [3.05, 3.63) is 28.8 Å². The number of methoxy groups -OCH3 is 1. The maximum atomic E-state index is 12.1. The molecule has 4 nitrogen and oxygen atoms in total. The first kappa shape index (κ1) is 20.0. The van der Waals surface area contributed by atoms with E-state index in [0.717, 1.165) is 29.9 Å². The number of rotatable bonds is 5. The zero-order valence-corrected chi connectivity index (χ0v) is 18.3. The number of carbonyl (C=O) groups excluding carboxylic acids is 1. The molecule has 1 aromatic rings. The number of Topliss-reactive ketones (excluding diaryl/α,β-unsaturated/α-hetero) is 1. The SMILES string of the molecule is COc1ccc(C[C@H](C)B2OC3CC4CC(C4(C)C)[C@]3(C)O2)c(C)c1C(C)=O. The van der Waals surface area contributed by atoms with Gasteiger partial charge in [0.25, 0.3) is 0 Å². The highest BCUT2D eigenvalue weighted by Crippen LogP contribution is 2.66. The molecule has 5 rings (SSSR count). The van der Waals surface area contributed by atoms with E-state index in [4.69, 9.17) is 14.0 Å². The number of ketones is 1. The average Bonchev–Trinajstić information content (AvgIpc) is 2.99. The molecule has 0 spiro atoms. The standard InChI is InChI=1S/C23H33BO4/c1-13(10-16-8-9-18(26-7)21(14(16)2)15(3)25)24-27-20-12-17-11-19(22(17,4)5)23(20,6)28-24/h8-9,13,17,19-20H,10-12H2,1-7H3/t13-,17?,19?,20?,23-/m0/s1. The summed E-state index contributed by atoms with van der Waals surface area (Å²) in [5.74, 6) is 2.24. The van der Waals surface area contributed by atoms with Gasteiger partial charge < -0.3 is 14.0 Å². The summed E-state index contributed by atoms with van der Waals surface area (Å²) in [4.78, 5) is 12.1. The molecule has 2 bridgehead atoms. The molecule has 0 amide bonds. The molecule has 152 valence electrons. The summed E-state index contributed by atoms with van der Waals surface area (Å²) in [6.45, 7) is 12.8. The Morgan fingerprint density at radius 2 is 2.04 bits per heavy atom. The Labute approximate surface area is 169 Å². The molecule has 4 fully saturated rings. The van der Waals surface area contributed by atoms with Gasteiger partial charge in [-0.15, -0.1) is 0 Å². The van der Waals surface area contributed by atoms with Crippen LogP contribution in [0.15, 0.2) is 12.1 Å². The molecule has 5 heteroatoms. The topological polar surface area (TPSA) is 44.8 Å². The molecule has 3 saturated carbocycles. The fourth-order valence-electron chi connectivity index (χ4n) is 6.15. The van der Waals surface area contributed by atoms with E-state index in [-0.39, 0.29) is 30.4 Å². The van der Waals surface area contributed by atoms with Gasteiger partial charge in [-0.05, 0) is 80.3 Å². The first-order valence-electron chi connectivity index (χ1n) is 10.6. The van der Waals surface area contributed by atoms with Gasteiger partial charge in [-0.1, -0.05) is 26.8 Å². The van der Waals surface area contributed by atoms with Crippen LogP contribution in [0.2, 0.25) is 5.82 Å². The second-order valence-corrected chi connectivity index (χ2v) is 10.0. The summed E-state index contributed by atoms with van der Waals surface area (Å²) in [7, 11) is 1.42. The zero-order chi connectivity index (χ0) is 20.4. The minimum atomic E-state index is -0.188. The third-order valence-electron chi connectivity index (χ3n) is 8.09. The molecule has 1 aromatic carbocycles. The minimum absolute atomic E-state index is 0.0396. The van der Waals surface area contributed by atoms with Gasteiger partial charge in [-0.25, -0.2) is 0 Å². The van der Waals surface area contributed by atoms with E-state index in [1.54, 1.807) is 14.0 Å². The Morgan fingerprint density at radius 1 is 1.32 bits per heavy atom. The molecule has 0 radical (unpaired) electrons. The molecule has 4 aliphatic rings. The summed E-state index contributed by atoms with van der Waals surface area (Å²) >= 11 is 0. The normalized spacial score (nSPS) is 33.8. The minimum Gasteiger partial charge on any atom is -0.496 e. The van der Waals surface area contributed by atoms with E-state index in [1.807, 2.05) is 13.0 Å². The number of benzene rings is 1. The molecule has 1 saturated heterocycles. The quantitative estimate of drug-likeness (QED) is 0.537. The third-order valence-corrected chi connectivity index (χ3v) is 8.09. The third kappa shape index (κ3) is 2.77. The predicted octanol–water partition coefficient (Wildman–Crippen LogP) is 4.87. The average molecular weight is 384 g/mol. The predicted molar refractivity (Wildman–Crippen MR) is 111 cm³/mol. The largest absolute Gasteiger partial charge is 0.496 e. The van der Waals surface area contributed by atoms with Crippen molar-refractivity contribution in [1.82, 2.24) is 0 Å². The Bertz CT molecular complexity index is 804. The fraction of sp³-hybridized carbons (Fsp3) is 0.696. The molecular weight excluding hydrogens is 351 g/mol. The van der Waals surface area contributed by atoms with Gasteiger partial charge >= 0.3 is 7.12 Å². The van der Waals surface area contributed by atoms with Crippen LogP contribution in [0, 0.1) is 24.2 Å². The van der Waals surface area contributed by atoms with E-state index in [9.17, 15) is 4.79 Å². The molecule has 5 atom stereocenters. The maximum Gasteiger partial charge on any atom is 0.461 e. The van der Waals surface area contributed by atoms with Crippen LogP contribution in [0.5, 0.6) is 5.75 Å². The van der Waals surface area contributed by atoms with E-state index in [0.29, 0.717) is 22.6 Å². The summed E-state index contributed by atoms with van der Waals surface area (Å²) < 4.78 is 18.5. The highest BCUT2D eigenvalue weighted by Gasteiger charge is 2.68. The van der Waals surface area contributed by atoms with E-state index in [1.165, 1.54) is 6.42 Å². The van der Waals surface area contributed by atoms with Crippen molar-refractivity contribution < 1.29 is 18.8 Å². The second-order valence-electron chi connectivity index (χ2n) is 10.0. The fourth-order valence-corrected chi connectivity index (χ4v) is 6.15. The number of carbonyl (C=O) groups is 1. The zero-order valence-electron chi connectivity index (χ0n) is 18.3. The van der Waals surface area contributed by atoms with Gasteiger partial charge in [0.2, 0.25) is 0 Å². The molecule has 1 aliphatic heterocycles. The Hall–Kier alpha value is -1.33. The Kier molecular flexibility index (Phi) is 4.71. The Morgan fingerprint density at radius 3 is 2.64 bits per heavy atom. The molecular formula is C23H33BO4. The number of hydrogen-bond acceptors (Lipinski definition) is 4. The summed E-state index contributed by atoms with van der Waals surface area (Å²) in [6.07, 6.45) is 3.41. The Balaban J connectivity index is 1.52. The van der Waals surface area contributed by atoms with Crippen LogP contribution in [0.3, 0.4) is 0 Å². The van der Waals surface area contributed by atoms with Gasteiger partial charge in [-0.3, -0.25) is 4.79 Å². The first-order chi connectivity index (χ1) is 13.1. The van der Waals surface area contributed by atoms with Crippen molar-refractivity contribution in [2.45, 2.75) is 78.3 Å². The number of ether oxygens (including phenoxy) is 1. The first-order valence-corrected chi connectivity index (χ1v) is 10.6. The molecule has 3 unspecified atom stereocenters. The van der Waals surface area contributed by atoms with Crippen molar-refractivity contribution in [2.24, 2.45) is 17.3 Å². The van der Waals surface area contributed by atoms with E-state index >= 15 is 0 Å². The van der Waals surface area contributed by atoms with Crippen molar-refractivity contribution in [2.75, 3.05) is 7.11 Å². The molecule has 28 heavy (non-hydrogen) atoms. The molecule has 0 aromatic heterocycles. The lowest BCUT2D eigenvalue weighted by Crippen LogP contribution is -2.65. The molecule has 1 heterocycles. The van der Waals surface area contributed by atoms with Gasteiger partial charge in [0, 0.05) is 0 Å². The lowest BCUT2D eigenvalue weighted by atomic mass is 9.43. The van der Waals surface area contributed by atoms with Crippen LogP contribution in [-0.4, -0.2) is 31.7 Å². The van der Waals surface area contributed by atoms with Gasteiger partial charge in [0.05, 0.1) is 24.4 Å². The van der Waals surface area contributed by atoms with E-state index in [2.05, 4.69) is 33.8 Å². The van der Waals surface area contributed by atoms with Crippen LogP contribution in [0.25, 0.3) is 0 Å². The van der Waals surface area contributed by atoms with Crippen LogP contribution >= 0.6 is 0 Å². The van der Waals surface area contributed by atoms with Crippen molar-refractivity contribution in [3.8, 4) is 5.75 Å². The van der Waals surface area contributed by atoms with Crippen molar-refractivity contribution in [3.63, 3.8) is 0 Å². The van der Waals surface area contributed by atoms with Crippen LogP contribution in [-0.2, 0) is 15.7 Å². The highest BCUT2D eigenvalue weighted by atomic mass is 16.7. The van der Waals surface area contributed by atoms with Crippen LogP contribution < -0.4 is 4.74 Å². The second kappa shape index (κ2) is 6.60. The summed E-state index contributed by atoms with van der Waals surface area (Å²) in [5.41, 5.74) is 3.04. The number of hydrogen-bond donors (Lipinski definition) is 0. The van der Waals surface area contributed by atoms with Gasteiger partial charge in [0.1, 0.15) is 5.75 Å². The summed E-state index contributed by atoms with van der Waals surface area (Å²) in [5, 5.41) is 0. The maximum absolute atomic E-state index is 12.1. The lowest BCUT2D eigenvalue weighted by molar-refractivity contribution is -0.199.